The topological polar surface area (TPSA) is 62.3 Å². The molecule has 0 aliphatic heterocycles. The minimum atomic E-state index is 0.283. The van der Waals surface area contributed by atoms with E-state index in [0.29, 0.717) is 6.42 Å². The second kappa shape index (κ2) is 8.01. The number of ether oxygens (including phenoxy) is 1. The summed E-state index contributed by atoms with van der Waals surface area (Å²) in [5.41, 5.74) is 5.25. The maximum absolute atomic E-state index is 7.05. The molecule has 0 spiro atoms. The zero-order valence-corrected chi connectivity index (χ0v) is 8.68. The Morgan fingerprint density at radius 2 is 2.00 bits per heavy atom. The first-order valence-corrected chi connectivity index (χ1v) is 4.67. The Balaban J connectivity index is 3.19. The highest BCUT2D eigenvalue weighted by atomic mass is 16.5. The van der Waals surface area contributed by atoms with Crippen molar-refractivity contribution in [1.82, 2.24) is 4.90 Å². The van der Waals surface area contributed by atoms with Crippen molar-refractivity contribution in [3.8, 4) is 0 Å². The summed E-state index contributed by atoms with van der Waals surface area (Å²) < 4.78 is 4.95. The molecular weight excluding hydrogens is 166 g/mol. The highest BCUT2D eigenvalue weighted by molar-refractivity contribution is 5.76. The van der Waals surface area contributed by atoms with Gasteiger partial charge in [0.05, 0.1) is 5.84 Å². The molecular formula is C9H21N3O. The first-order chi connectivity index (χ1) is 6.16. The van der Waals surface area contributed by atoms with Crippen molar-refractivity contribution < 1.29 is 4.74 Å². The van der Waals surface area contributed by atoms with E-state index < -0.39 is 0 Å². The number of hydrogen-bond acceptors (Lipinski definition) is 3. The van der Waals surface area contributed by atoms with Crippen LogP contribution in [0.2, 0.25) is 0 Å². The monoisotopic (exact) mass is 187 g/mol. The number of rotatable bonds is 8. The molecule has 0 aromatic carbocycles. The summed E-state index contributed by atoms with van der Waals surface area (Å²) in [6.45, 7) is 2.87. The van der Waals surface area contributed by atoms with Gasteiger partial charge in [0, 0.05) is 26.7 Å². The van der Waals surface area contributed by atoms with Crippen LogP contribution in [-0.4, -0.2) is 44.6 Å². The average molecular weight is 187 g/mol. The van der Waals surface area contributed by atoms with Crippen LogP contribution in [0.25, 0.3) is 0 Å². The van der Waals surface area contributed by atoms with Crippen molar-refractivity contribution in [3.05, 3.63) is 0 Å². The molecule has 0 atom stereocenters. The summed E-state index contributed by atoms with van der Waals surface area (Å²) in [6, 6.07) is 0. The summed E-state index contributed by atoms with van der Waals surface area (Å²) in [4.78, 5) is 2.24. The van der Waals surface area contributed by atoms with Crippen LogP contribution >= 0.6 is 0 Å². The van der Waals surface area contributed by atoms with Gasteiger partial charge in [-0.3, -0.25) is 5.41 Å². The van der Waals surface area contributed by atoms with Crippen molar-refractivity contribution in [2.45, 2.75) is 19.3 Å². The van der Waals surface area contributed by atoms with Gasteiger partial charge in [-0.05, 0) is 26.4 Å². The molecule has 0 aliphatic rings. The quantitative estimate of drug-likeness (QED) is 0.333. The summed E-state index contributed by atoms with van der Waals surface area (Å²) in [5.74, 6) is 0.283. The predicted molar refractivity (Wildman–Crippen MR) is 55.1 cm³/mol. The van der Waals surface area contributed by atoms with Crippen LogP contribution in [0.15, 0.2) is 0 Å². The van der Waals surface area contributed by atoms with Crippen LogP contribution < -0.4 is 5.73 Å². The molecule has 0 aromatic heterocycles. The van der Waals surface area contributed by atoms with Gasteiger partial charge in [-0.25, -0.2) is 0 Å². The van der Waals surface area contributed by atoms with E-state index in [9.17, 15) is 0 Å². The van der Waals surface area contributed by atoms with Crippen LogP contribution in [0.4, 0.5) is 0 Å². The molecule has 4 nitrogen and oxygen atoms in total. The van der Waals surface area contributed by atoms with E-state index in [4.69, 9.17) is 15.9 Å². The smallest absolute Gasteiger partial charge is 0.0905 e. The second-order valence-corrected chi connectivity index (χ2v) is 3.28. The first-order valence-electron chi connectivity index (χ1n) is 4.67. The zero-order valence-electron chi connectivity index (χ0n) is 8.68. The van der Waals surface area contributed by atoms with Gasteiger partial charge in [-0.15, -0.1) is 0 Å². The van der Waals surface area contributed by atoms with E-state index in [0.717, 1.165) is 32.5 Å². The fraction of sp³-hybridized carbons (Fsp3) is 0.889. The molecule has 13 heavy (non-hydrogen) atoms. The largest absolute Gasteiger partial charge is 0.388 e. The van der Waals surface area contributed by atoms with Gasteiger partial charge in [-0.2, -0.15) is 0 Å². The lowest BCUT2D eigenvalue weighted by atomic mass is 10.3. The molecule has 0 saturated carbocycles. The Bertz CT molecular complexity index is 139. The molecule has 0 heterocycles. The fourth-order valence-corrected chi connectivity index (χ4v) is 1.13. The number of nitrogens with zero attached hydrogens (tertiary/aromatic N) is 1. The Morgan fingerprint density at radius 3 is 2.54 bits per heavy atom. The molecule has 0 fully saturated rings. The highest BCUT2D eigenvalue weighted by Gasteiger charge is 1.98. The van der Waals surface area contributed by atoms with Gasteiger partial charge < -0.3 is 15.4 Å². The van der Waals surface area contributed by atoms with Crippen LogP contribution in [-0.2, 0) is 4.74 Å². The predicted octanol–water partition coefficient (Wildman–Crippen LogP) is 0.671. The van der Waals surface area contributed by atoms with Crippen molar-refractivity contribution in [1.29, 1.82) is 5.41 Å². The number of nitrogens with one attached hydrogen (secondary N) is 1. The molecule has 0 unspecified atom stereocenters. The minimum absolute atomic E-state index is 0.283. The molecule has 0 aliphatic carbocycles. The Labute approximate surface area is 80.6 Å². The van der Waals surface area contributed by atoms with Crippen LogP contribution in [0, 0.1) is 5.41 Å². The number of methoxy groups -OCH3 is 1. The van der Waals surface area contributed by atoms with Gasteiger partial charge in [-0.1, -0.05) is 0 Å². The molecule has 0 saturated heterocycles. The SMILES string of the molecule is COCCCN(C)CCCC(=N)N. The summed E-state index contributed by atoms with van der Waals surface area (Å²) in [7, 11) is 3.80. The third kappa shape index (κ3) is 9.30. The minimum Gasteiger partial charge on any atom is -0.388 e. The molecule has 4 heteroatoms. The number of hydrogen-bond donors (Lipinski definition) is 2. The van der Waals surface area contributed by atoms with E-state index in [1.807, 2.05) is 0 Å². The molecule has 0 bridgehead atoms. The van der Waals surface area contributed by atoms with E-state index in [-0.39, 0.29) is 5.84 Å². The molecule has 0 amide bonds. The fourth-order valence-electron chi connectivity index (χ4n) is 1.13. The second-order valence-electron chi connectivity index (χ2n) is 3.28. The lowest BCUT2D eigenvalue weighted by Gasteiger charge is -2.15. The summed E-state index contributed by atoms with van der Waals surface area (Å²) >= 11 is 0. The van der Waals surface area contributed by atoms with Gasteiger partial charge in [0.2, 0.25) is 0 Å². The van der Waals surface area contributed by atoms with E-state index >= 15 is 0 Å². The van der Waals surface area contributed by atoms with Crippen molar-refractivity contribution >= 4 is 5.84 Å². The Hall–Kier alpha value is -0.610. The van der Waals surface area contributed by atoms with E-state index in [1.165, 1.54) is 0 Å². The molecule has 0 rings (SSSR count). The van der Waals surface area contributed by atoms with Gasteiger partial charge in [0.25, 0.3) is 0 Å². The lowest BCUT2D eigenvalue weighted by molar-refractivity contribution is 0.179. The van der Waals surface area contributed by atoms with Gasteiger partial charge in [0.15, 0.2) is 0 Å². The lowest BCUT2D eigenvalue weighted by Crippen LogP contribution is -2.23. The number of amidine groups is 1. The number of nitrogens with two attached hydrogens (primary N) is 1. The summed E-state index contributed by atoms with van der Waals surface area (Å²) in [5, 5.41) is 7.05. The van der Waals surface area contributed by atoms with Crippen LogP contribution in [0.5, 0.6) is 0 Å². The van der Waals surface area contributed by atoms with Gasteiger partial charge >= 0.3 is 0 Å². The van der Waals surface area contributed by atoms with E-state index in [2.05, 4.69) is 11.9 Å². The molecule has 3 N–H and O–H groups in total. The zero-order chi connectivity index (χ0) is 10.1. The maximum Gasteiger partial charge on any atom is 0.0905 e. The first kappa shape index (κ1) is 12.4. The Morgan fingerprint density at radius 1 is 1.38 bits per heavy atom. The molecule has 0 aromatic rings. The normalized spacial score (nSPS) is 10.7. The Kier molecular flexibility index (Phi) is 7.63. The van der Waals surface area contributed by atoms with Crippen LogP contribution in [0.3, 0.4) is 0 Å². The molecule has 0 radical (unpaired) electrons. The van der Waals surface area contributed by atoms with Crippen LogP contribution in [0.1, 0.15) is 19.3 Å². The van der Waals surface area contributed by atoms with Gasteiger partial charge in [0.1, 0.15) is 0 Å². The van der Waals surface area contributed by atoms with E-state index in [1.54, 1.807) is 7.11 Å². The van der Waals surface area contributed by atoms with Crippen molar-refractivity contribution in [2.24, 2.45) is 5.73 Å². The summed E-state index contributed by atoms with van der Waals surface area (Å²) in [6.07, 6.45) is 2.74. The highest BCUT2D eigenvalue weighted by Crippen LogP contribution is 1.93. The third-order valence-electron chi connectivity index (χ3n) is 1.87. The average Bonchev–Trinajstić information content (AvgIpc) is 2.04. The third-order valence-corrected chi connectivity index (χ3v) is 1.87. The molecule has 78 valence electrons. The maximum atomic E-state index is 7.05. The van der Waals surface area contributed by atoms with Crippen molar-refractivity contribution in [2.75, 3.05) is 33.9 Å². The van der Waals surface area contributed by atoms with Crippen molar-refractivity contribution in [3.63, 3.8) is 0 Å². The standard InChI is InChI=1S/C9H21N3O/c1-12(7-4-8-13-2)6-3-5-9(10)11/h3-8H2,1-2H3,(H3,10,11).